The quantitative estimate of drug-likeness (QED) is 0.0833. The molecule has 5 saturated heterocycles. The smallest absolute Gasteiger partial charge is 0.407 e. The minimum absolute atomic E-state index is 0.0260. The molecule has 3 aromatic carbocycles. The van der Waals surface area contributed by atoms with Crippen molar-refractivity contribution >= 4 is 39.0 Å². The van der Waals surface area contributed by atoms with Crippen LogP contribution in [0.1, 0.15) is 115 Å². The van der Waals surface area contributed by atoms with Gasteiger partial charge in [0.2, 0.25) is 5.91 Å². The first-order chi connectivity index (χ1) is 40.4. The molecule has 1 aromatic heterocycles. The second-order valence-corrected chi connectivity index (χ2v) is 36.5. The average molecular weight is 1230 g/mol. The number of carbonyl (C=O) groups excluding carboxylic acids is 2. The van der Waals surface area contributed by atoms with Crippen LogP contribution in [0, 0.1) is 0 Å². The zero-order valence-corrected chi connectivity index (χ0v) is 55.2. The molecule has 5 aliphatic rings. The second-order valence-electron chi connectivity index (χ2n) is 27.4. The van der Waals surface area contributed by atoms with E-state index < -0.39 is 125 Å². The number of aromatic nitrogens is 2. The zero-order valence-electron chi connectivity index (χ0n) is 53.2. The maximum atomic E-state index is 16.3. The first kappa shape index (κ1) is 65.5. The number of fused-ring (bicyclic) bond motifs is 2. The van der Waals surface area contributed by atoms with Crippen LogP contribution in [0.15, 0.2) is 113 Å². The summed E-state index contributed by atoms with van der Waals surface area (Å²) in [6.45, 7) is 30.5. The summed E-state index contributed by atoms with van der Waals surface area (Å²) in [5, 5.41) is 8.12. The van der Waals surface area contributed by atoms with Crippen LogP contribution in [0.25, 0.3) is 0 Å². The Morgan fingerprint density at radius 1 is 0.767 bits per heavy atom. The number of rotatable bonds is 20. The number of nitrogens with zero attached hydrogens (tertiary/aromatic N) is 3. The number of hydrogen-bond acceptors (Lipinski definition) is 16. The lowest BCUT2D eigenvalue weighted by atomic mass is 9.98. The van der Waals surface area contributed by atoms with E-state index in [9.17, 15) is 14.4 Å². The molecule has 2 N–H and O–H groups in total. The molecule has 12 atom stereocenters. The van der Waals surface area contributed by atoms with Crippen molar-refractivity contribution in [2.45, 2.75) is 230 Å². The van der Waals surface area contributed by atoms with Crippen LogP contribution >= 0.6 is 0 Å². The summed E-state index contributed by atoms with van der Waals surface area (Å²) in [5.74, 6) is -2.61. The molecule has 5 fully saturated rings. The van der Waals surface area contributed by atoms with Crippen LogP contribution < -0.4 is 32.3 Å². The molecule has 20 nitrogen and oxygen atoms in total. The molecule has 6 heterocycles. The van der Waals surface area contributed by atoms with Gasteiger partial charge in [0, 0.05) is 32.4 Å². The van der Waals surface area contributed by atoms with E-state index >= 15 is 4.79 Å². The Kier molecular flexibility index (Phi) is 19.4. The largest absolute Gasteiger partial charge is 0.444 e. The van der Waals surface area contributed by atoms with Crippen molar-refractivity contribution in [1.29, 1.82) is 0 Å². The summed E-state index contributed by atoms with van der Waals surface area (Å²) in [7, 11) is -4.02. The third kappa shape index (κ3) is 13.6. The lowest BCUT2D eigenvalue weighted by Crippen LogP contribution is -2.68. The van der Waals surface area contributed by atoms with Gasteiger partial charge in [-0.2, -0.15) is 0 Å². The van der Waals surface area contributed by atoms with Crippen LogP contribution in [-0.2, 0) is 69.6 Å². The number of amides is 2. The molecule has 22 heteroatoms. The summed E-state index contributed by atoms with van der Waals surface area (Å²) in [4.78, 5) is 59.5. The van der Waals surface area contributed by atoms with Crippen molar-refractivity contribution < 1.29 is 61.1 Å². The summed E-state index contributed by atoms with van der Waals surface area (Å²) in [6.07, 6.45) is -8.17. The Hall–Kier alpha value is -4.93. The normalized spacial score (nSPS) is 28.0. The number of nitrogens with one attached hydrogen (secondary N) is 2. The Labute approximate surface area is 509 Å². The van der Waals surface area contributed by atoms with E-state index in [1.165, 1.54) is 16.8 Å². The van der Waals surface area contributed by atoms with Crippen LogP contribution in [0.4, 0.5) is 4.79 Å². The summed E-state index contributed by atoms with van der Waals surface area (Å²) < 4.78 is 77.5. The number of ether oxygens (including phenoxy) is 9. The highest BCUT2D eigenvalue weighted by Crippen LogP contribution is 2.48. The van der Waals surface area contributed by atoms with Gasteiger partial charge in [0.15, 0.2) is 32.4 Å². The van der Waals surface area contributed by atoms with Crippen molar-refractivity contribution in [2.75, 3.05) is 26.7 Å². The van der Waals surface area contributed by atoms with Gasteiger partial charge in [-0.05, 0) is 86.6 Å². The fourth-order valence-electron chi connectivity index (χ4n) is 12.3. The van der Waals surface area contributed by atoms with Crippen molar-refractivity contribution in [3.05, 3.63) is 130 Å². The highest BCUT2D eigenvalue weighted by molar-refractivity contribution is 6.99. The summed E-state index contributed by atoms with van der Waals surface area (Å²) in [6, 6.07) is 29.7. The van der Waals surface area contributed by atoms with Crippen molar-refractivity contribution in [3.63, 3.8) is 0 Å². The molecular formula is C64H93N5O15Si2. The molecule has 0 unspecified atom stereocenters. The maximum absolute atomic E-state index is 16.3. The molecule has 0 saturated carbocycles. The van der Waals surface area contributed by atoms with E-state index in [2.05, 4.69) is 89.5 Å². The second kappa shape index (κ2) is 25.5. The standard InChI is InChI=1S/C64H93N5O15Si2/c1-17-64(18-2)81-49-46(37-66-58(72)83-60(3,4)5)76-57(54(49)82-64)78-50(51-52-53(80-63(12,13)79-52)56(77-51)68-35-34-47(70)69(59(68)73)40-74-38-41-28-22-19-23-29-41)48-55(71)67(14)44(45(36-65-48)84-85(15,16)61(6,7)8)39-75-86(62(9,10)11,42-30-24-20-25-31-42)43-32-26-21-27-33-43/h19-35,44-46,48-54,56-57,65H,17-18,36-40H2,1-16H3,(H,66,72)/t44-,45+,46-,48+,49-,50+,51-,52-,53-,54-,56-,57+/m1/s1. The first-order valence-electron chi connectivity index (χ1n) is 30.4. The summed E-state index contributed by atoms with van der Waals surface area (Å²) >= 11 is 0. The fourth-order valence-corrected chi connectivity index (χ4v) is 18.3. The van der Waals surface area contributed by atoms with Gasteiger partial charge in [0.05, 0.1) is 25.4 Å². The fraction of sp³-hybridized carbons (Fsp3) is 0.625. The minimum atomic E-state index is -3.19. The van der Waals surface area contributed by atoms with Gasteiger partial charge >= 0.3 is 11.8 Å². The van der Waals surface area contributed by atoms with Crippen molar-refractivity contribution in [2.24, 2.45) is 0 Å². The van der Waals surface area contributed by atoms with E-state index in [-0.39, 0.29) is 49.0 Å². The van der Waals surface area contributed by atoms with Gasteiger partial charge in [-0.25, -0.2) is 14.2 Å². The Morgan fingerprint density at radius 2 is 1.36 bits per heavy atom. The molecule has 9 rings (SSSR count). The molecule has 5 aliphatic heterocycles. The van der Waals surface area contributed by atoms with Gasteiger partial charge in [-0.15, -0.1) is 0 Å². The van der Waals surface area contributed by atoms with Crippen LogP contribution in [0.5, 0.6) is 0 Å². The first-order valence-corrected chi connectivity index (χ1v) is 35.2. The molecule has 0 radical (unpaired) electrons. The highest BCUT2D eigenvalue weighted by Gasteiger charge is 2.64. The molecule has 86 heavy (non-hydrogen) atoms. The number of alkyl carbamates (subject to hydrolysis) is 1. The van der Waals surface area contributed by atoms with Gasteiger partial charge in [-0.1, -0.05) is 146 Å². The Bertz CT molecular complexity index is 3030. The Morgan fingerprint density at radius 3 is 1.94 bits per heavy atom. The molecule has 4 aromatic rings. The highest BCUT2D eigenvalue weighted by atomic mass is 28.4. The van der Waals surface area contributed by atoms with E-state index in [1.54, 1.807) is 46.6 Å². The molecule has 2 amide bonds. The topological polar surface area (TPSA) is 207 Å². The maximum Gasteiger partial charge on any atom is 0.407 e. The van der Waals surface area contributed by atoms with Gasteiger partial charge in [-0.3, -0.25) is 14.2 Å². The van der Waals surface area contributed by atoms with Crippen LogP contribution in [0.2, 0.25) is 23.2 Å². The third-order valence-corrected chi connectivity index (χ3v) is 27.3. The van der Waals surface area contributed by atoms with Gasteiger partial charge in [0.1, 0.15) is 61.1 Å². The van der Waals surface area contributed by atoms with Gasteiger partial charge < -0.3 is 67.0 Å². The van der Waals surface area contributed by atoms with Crippen LogP contribution in [-0.4, -0.2) is 154 Å². The van der Waals surface area contributed by atoms with Crippen molar-refractivity contribution in [1.82, 2.24) is 24.7 Å². The van der Waals surface area contributed by atoms with E-state index in [1.807, 2.05) is 80.6 Å². The van der Waals surface area contributed by atoms with E-state index in [4.69, 9.17) is 51.5 Å². The Balaban J connectivity index is 1.14. The number of carbonyl (C=O) groups is 2. The van der Waals surface area contributed by atoms with Gasteiger partial charge in [0.25, 0.3) is 13.9 Å². The number of benzene rings is 3. The van der Waals surface area contributed by atoms with E-state index in [0.29, 0.717) is 12.8 Å². The molecule has 0 spiro atoms. The molecule has 0 aliphatic carbocycles. The predicted octanol–water partition coefficient (Wildman–Crippen LogP) is 7.30. The van der Waals surface area contributed by atoms with Crippen LogP contribution in [0.3, 0.4) is 0 Å². The SMILES string of the molecule is CCC1(CC)O[C@H]2[C@H](O[C@H]([C@H]3O[C@@H](n4ccc(=O)n(COCc5ccccc5)c4=O)[C@@H]4OC(C)(C)O[C@H]34)[C@@H]3NC[C@H](O[Si](C)(C)C(C)(C)C)[C@@H](CO[Si](c4ccccc4)(c4ccccc4)C(C)(C)C)N(C)C3=O)O[C@H](CNC(=O)OC(C)(C)C)[C@H]2O1. The molecular weight excluding hydrogens is 1130 g/mol. The lowest BCUT2D eigenvalue weighted by Gasteiger charge is -2.46. The molecule has 0 bridgehead atoms. The lowest BCUT2D eigenvalue weighted by molar-refractivity contribution is -0.275. The number of likely N-dealkylation sites (N-methyl/N-ethyl adjacent to an activating group) is 1. The summed E-state index contributed by atoms with van der Waals surface area (Å²) in [5.41, 5.74) is -1.19. The predicted molar refractivity (Wildman–Crippen MR) is 329 cm³/mol. The van der Waals surface area contributed by atoms with E-state index in [0.717, 1.165) is 20.5 Å². The number of hydrogen-bond donors (Lipinski definition) is 2. The molecule has 472 valence electrons. The minimum Gasteiger partial charge on any atom is -0.444 e. The average Bonchev–Trinajstić information content (AvgIpc) is 1.45. The zero-order chi connectivity index (χ0) is 62.4. The third-order valence-electron chi connectivity index (χ3n) is 17.8. The monoisotopic (exact) mass is 1230 g/mol. The van der Waals surface area contributed by atoms with Crippen molar-refractivity contribution in [3.8, 4) is 0 Å².